The van der Waals surface area contributed by atoms with Crippen molar-refractivity contribution in [3.63, 3.8) is 0 Å². The number of hydrogen-bond acceptors (Lipinski definition) is 4. The average molecular weight is 306 g/mol. The maximum Gasteiger partial charge on any atom is 0.317 e. The Kier molecular flexibility index (Phi) is 6.72. The Morgan fingerprint density at radius 2 is 1.82 bits per heavy atom. The van der Waals surface area contributed by atoms with Crippen LogP contribution in [0.15, 0.2) is 24.3 Å². The highest BCUT2D eigenvalue weighted by atomic mass is 16.4. The zero-order chi connectivity index (χ0) is 16.7. The molecule has 1 amide bonds. The average Bonchev–Trinajstić information content (AvgIpc) is 2.46. The van der Waals surface area contributed by atoms with Crippen molar-refractivity contribution in [2.45, 2.75) is 33.2 Å². The van der Waals surface area contributed by atoms with Gasteiger partial charge in [0, 0.05) is 11.3 Å². The quantitative estimate of drug-likeness (QED) is 0.717. The van der Waals surface area contributed by atoms with Gasteiger partial charge in [0.25, 0.3) is 0 Å². The SMILES string of the molecule is CCCN(CC(=O)O)C(C)C(=O)Nc1ccc(C(C)=O)cc1. The van der Waals surface area contributed by atoms with E-state index in [4.69, 9.17) is 5.11 Å². The van der Waals surface area contributed by atoms with Crippen LogP contribution in [0, 0.1) is 0 Å². The smallest absolute Gasteiger partial charge is 0.317 e. The number of aliphatic carboxylic acids is 1. The lowest BCUT2D eigenvalue weighted by atomic mass is 10.1. The Morgan fingerprint density at radius 1 is 1.23 bits per heavy atom. The summed E-state index contributed by atoms with van der Waals surface area (Å²) < 4.78 is 0. The number of carbonyl (C=O) groups is 3. The number of amides is 1. The molecule has 0 saturated heterocycles. The highest BCUT2D eigenvalue weighted by Crippen LogP contribution is 2.12. The molecule has 1 unspecified atom stereocenters. The molecule has 2 N–H and O–H groups in total. The number of carboxylic acids is 1. The Bertz CT molecular complexity index is 540. The molecule has 0 aromatic heterocycles. The van der Waals surface area contributed by atoms with E-state index in [1.165, 1.54) is 6.92 Å². The monoisotopic (exact) mass is 306 g/mol. The molecule has 0 heterocycles. The van der Waals surface area contributed by atoms with Crippen LogP contribution >= 0.6 is 0 Å². The molecule has 0 aliphatic rings. The van der Waals surface area contributed by atoms with Crippen LogP contribution in [0.1, 0.15) is 37.6 Å². The molecule has 0 spiro atoms. The lowest BCUT2D eigenvalue weighted by Crippen LogP contribution is -2.44. The highest BCUT2D eigenvalue weighted by molar-refractivity contribution is 5.97. The number of carboxylic acid groups (broad SMARTS) is 1. The Morgan fingerprint density at radius 3 is 2.27 bits per heavy atom. The topological polar surface area (TPSA) is 86.7 Å². The van der Waals surface area contributed by atoms with E-state index in [9.17, 15) is 14.4 Å². The molecule has 120 valence electrons. The molecule has 0 aliphatic heterocycles. The molecule has 0 fully saturated rings. The van der Waals surface area contributed by atoms with Gasteiger partial charge in [0.2, 0.25) is 5.91 Å². The van der Waals surface area contributed by atoms with Gasteiger partial charge in [-0.2, -0.15) is 0 Å². The molecule has 22 heavy (non-hydrogen) atoms. The second kappa shape index (κ2) is 8.29. The molecule has 0 bridgehead atoms. The summed E-state index contributed by atoms with van der Waals surface area (Å²) in [5.41, 5.74) is 1.15. The van der Waals surface area contributed by atoms with Gasteiger partial charge in [0.1, 0.15) is 0 Å². The summed E-state index contributed by atoms with van der Waals surface area (Å²) in [6, 6.07) is 6.04. The van der Waals surface area contributed by atoms with Crippen molar-refractivity contribution in [1.82, 2.24) is 4.90 Å². The first-order chi connectivity index (χ1) is 10.3. The van der Waals surface area contributed by atoms with Crippen LogP contribution in [0.2, 0.25) is 0 Å². The zero-order valence-corrected chi connectivity index (χ0v) is 13.1. The van der Waals surface area contributed by atoms with Gasteiger partial charge in [-0.15, -0.1) is 0 Å². The van der Waals surface area contributed by atoms with Crippen LogP contribution < -0.4 is 5.32 Å². The predicted octanol–water partition coefficient (Wildman–Crippen LogP) is 2.01. The predicted molar refractivity (Wildman–Crippen MR) is 84.0 cm³/mol. The lowest BCUT2D eigenvalue weighted by molar-refractivity contribution is -0.139. The summed E-state index contributed by atoms with van der Waals surface area (Å²) in [6.07, 6.45) is 0.762. The van der Waals surface area contributed by atoms with Crippen LogP contribution in [0.3, 0.4) is 0 Å². The zero-order valence-electron chi connectivity index (χ0n) is 13.1. The van der Waals surface area contributed by atoms with E-state index in [-0.39, 0.29) is 18.2 Å². The van der Waals surface area contributed by atoms with Gasteiger partial charge in [-0.1, -0.05) is 6.92 Å². The van der Waals surface area contributed by atoms with Crippen LogP contribution in [0.25, 0.3) is 0 Å². The van der Waals surface area contributed by atoms with Crippen molar-refractivity contribution >= 4 is 23.3 Å². The number of nitrogens with zero attached hydrogens (tertiary/aromatic N) is 1. The minimum absolute atomic E-state index is 0.0400. The van der Waals surface area contributed by atoms with Crippen molar-refractivity contribution in [3.8, 4) is 0 Å². The summed E-state index contributed by atoms with van der Waals surface area (Å²) >= 11 is 0. The Balaban J connectivity index is 2.72. The minimum Gasteiger partial charge on any atom is -0.480 e. The molecular weight excluding hydrogens is 284 g/mol. The second-order valence-corrected chi connectivity index (χ2v) is 5.16. The Labute approximate surface area is 130 Å². The molecule has 1 atom stereocenters. The van der Waals surface area contributed by atoms with Crippen molar-refractivity contribution in [1.29, 1.82) is 0 Å². The molecule has 0 aliphatic carbocycles. The summed E-state index contributed by atoms with van der Waals surface area (Å²) in [4.78, 5) is 35.9. The fourth-order valence-electron chi connectivity index (χ4n) is 2.07. The van der Waals surface area contributed by atoms with E-state index in [2.05, 4.69) is 5.32 Å². The van der Waals surface area contributed by atoms with E-state index in [1.807, 2.05) is 6.92 Å². The number of benzene rings is 1. The van der Waals surface area contributed by atoms with Gasteiger partial charge in [0.15, 0.2) is 5.78 Å². The standard InChI is InChI=1S/C16H22N2O4/c1-4-9-18(10-15(20)21)11(2)16(22)17-14-7-5-13(6-8-14)12(3)19/h5-8,11H,4,9-10H2,1-3H3,(H,17,22)(H,20,21). The molecule has 6 nitrogen and oxygen atoms in total. The lowest BCUT2D eigenvalue weighted by Gasteiger charge is -2.26. The third kappa shape index (κ3) is 5.29. The number of ketones is 1. The second-order valence-electron chi connectivity index (χ2n) is 5.16. The molecule has 0 saturated carbocycles. The Hall–Kier alpha value is -2.21. The van der Waals surface area contributed by atoms with Gasteiger partial charge < -0.3 is 10.4 Å². The first kappa shape index (κ1) is 17.8. The summed E-state index contributed by atoms with van der Waals surface area (Å²) in [6.45, 7) is 5.44. The summed E-state index contributed by atoms with van der Waals surface area (Å²) in [5, 5.41) is 11.6. The third-order valence-corrected chi connectivity index (χ3v) is 3.34. The summed E-state index contributed by atoms with van der Waals surface area (Å²) in [7, 11) is 0. The number of anilines is 1. The minimum atomic E-state index is -0.959. The van der Waals surface area contributed by atoms with Gasteiger partial charge >= 0.3 is 5.97 Å². The first-order valence-electron chi connectivity index (χ1n) is 7.22. The normalized spacial score (nSPS) is 12.0. The number of Topliss-reactive ketones (excluding diaryl/α,β-unsaturated/α-hetero) is 1. The molecule has 1 rings (SSSR count). The number of rotatable bonds is 8. The van der Waals surface area contributed by atoms with Crippen LogP contribution in [-0.4, -0.2) is 46.8 Å². The van der Waals surface area contributed by atoms with Crippen LogP contribution in [0.4, 0.5) is 5.69 Å². The van der Waals surface area contributed by atoms with Crippen molar-refractivity contribution in [2.75, 3.05) is 18.4 Å². The number of nitrogens with one attached hydrogen (secondary N) is 1. The van der Waals surface area contributed by atoms with Gasteiger partial charge in [0.05, 0.1) is 12.6 Å². The van der Waals surface area contributed by atoms with Gasteiger partial charge in [-0.3, -0.25) is 19.3 Å². The largest absolute Gasteiger partial charge is 0.480 e. The molecular formula is C16H22N2O4. The molecule has 1 aromatic carbocycles. The molecule has 1 aromatic rings. The van der Waals surface area contributed by atoms with Gasteiger partial charge in [-0.05, 0) is 51.1 Å². The van der Waals surface area contributed by atoms with Crippen molar-refractivity contribution in [3.05, 3.63) is 29.8 Å². The van der Waals surface area contributed by atoms with Crippen molar-refractivity contribution in [2.24, 2.45) is 0 Å². The van der Waals surface area contributed by atoms with Crippen molar-refractivity contribution < 1.29 is 19.5 Å². The first-order valence-corrected chi connectivity index (χ1v) is 7.22. The van der Waals surface area contributed by atoms with Gasteiger partial charge in [-0.25, -0.2) is 0 Å². The van der Waals surface area contributed by atoms with E-state index in [0.29, 0.717) is 17.8 Å². The number of hydrogen-bond donors (Lipinski definition) is 2. The molecule has 0 radical (unpaired) electrons. The fourth-order valence-corrected chi connectivity index (χ4v) is 2.07. The fraction of sp³-hybridized carbons (Fsp3) is 0.438. The van der Waals surface area contributed by atoms with E-state index in [1.54, 1.807) is 36.1 Å². The van der Waals surface area contributed by atoms with Crippen LogP contribution in [-0.2, 0) is 9.59 Å². The van der Waals surface area contributed by atoms with Crippen LogP contribution in [0.5, 0.6) is 0 Å². The number of carbonyl (C=O) groups excluding carboxylic acids is 2. The maximum absolute atomic E-state index is 12.2. The summed E-state index contributed by atoms with van der Waals surface area (Å²) in [5.74, 6) is -1.27. The third-order valence-electron chi connectivity index (χ3n) is 3.34. The highest BCUT2D eigenvalue weighted by Gasteiger charge is 2.22. The molecule has 6 heteroatoms. The van der Waals surface area contributed by atoms with E-state index < -0.39 is 12.0 Å². The maximum atomic E-state index is 12.2. The van der Waals surface area contributed by atoms with E-state index >= 15 is 0 Å². The van der Waals surface area contributed by atoms with E-state index in [0.717, 1.165) is 6.42 Å².